The maximum atomic E-state index is 10.1. The minimum absolute atomic E-state index is 0.145. The average molecular weight is 390 g/mol. The fourth-order valence-corrected chi connectivity index (χ4v) is 4.76. The summed E-state index contributed by atoms with van der Waals surface area (Å²) in [4.78, 5) is 2.25. The van der Waals surface area contributed by atoms with E-state index in [0.29, 0.717) is 12.8 Å². The zero-order valence-electron chi connectivity index (χ0n) is 16.6. The van der Waals surface area contributed by atoms with Crippen LogP contribution in [0.3, 0.4) is 0 Å². The zero-order valence-corrected chi connectivity index (χ0v) is 16.6. The van der Waals surface area contributed by atoms with E-state index in [-0.39, 0.29) is 17.6 Å². The van der Waals surface area contributed by atoms with Crippen LogP contribution in [0.1, 0.15) is 30.7 Å². The Bertz CT molecular complexity index is 967. The highest BCUT2D eigenvalue weighted by atomic mass is 16.5. The largest absolute Gasteiger partial charge is 0.489 e. The summed E-state index contributed by atoms with van der Waals surface area (Å²) in [6, 6.07) is 20.3. The van der Waals surface area contributed by atoms with E-state index >= 15 is 0 Å². The third-order valence-corrected chi connectivity index (χ3v) is 6.25. The zero-order chi connectivity index (χ0) is 19.8. The molecule has 1 aliphatic carbocycles. The molecule has 0 unspecified atom stereocenters. The number of rotatable bonds is 5. The van der Waals surface area contributed by atoms with Gasteiger partial charge in [-0.15, -0.1) is 10.2 Å². The summed E-state index contributed by atoms with van der Waals surface area (Å²) in [6.07, 6.45) is 2.18. The van der Waals surface area contributed by atoms with Gasteiger partial charge in [0.15, 0.2) is 0 Å². The van der Waals surface area contributed by atoms with Crippen molar-refractivity contribution in [2.75, 3.05) is 18.0 Å². The molecule has 150 valence electrons. The van der Waals surface area contributed by atoms with Gasteiger partial charge in [0.05, 0.1) is 18.1 Å². The standard InChI is InChI=1S/C23H26N4O2/c1-26-21(23(14-18(28)15-23)17-8-4-2-5-9-17)24-25-22(26)27-13-12-20(16-27)29-19-10-6-3-7-11-19/h2-11,18,20,28H,12-16H2,1H3/t18?,20-,23?/m0/s1. The molecule has 5 rings (SSSR count). The molecule has 6 heteroatoms. The Morgan fingerprint density at radius 3 is 2.38 bits per heavy atom. The lowest BCUT2D eigenvalue weighted by Crippen LogP contribution is -2.47. The second kappa shape index (κ2) is 7.19. The quantitative estimate of drug-likeness (QED) is 0.726. The number of anilines is 1. The minimum Gasteiger partial charge on any atom is -0.489 e. The lowest BCUT2D eigenvalue weighted by molar-refractivity contribution is 0.0323. The predicted molar refractivity (Wildman–Crippen MR) is 111 cm³/mol. The van der Waals surface area contributed by atoms with Gasteiger partial charge in [-0.3, -0.25) is 4.57 Å². The van der Waals surface area contributed by atoms with Crippen LogP contribution < -0.4 is 9.64 Å². The van der Waals surface area contributed by atoms with Crippen LogP contribution in [0.25, 0.3) is 0 Å². The normalized spacial score (nSPS) is 26.3. The number of benzene rings is 2. The molecular formula is C23H26N4O2. The van der Waals surface area contributed by atoms with Gasteiger partial charge in [-0.1, -0.05) is 48.5 Å². The van der Waals surface area contributed by atoms with Crippen molar-refractivity contribution >= 4 is 5.95 Å². The fraction of sp³-hybridized carbons (Fsp3) is 0.391. The highest BCUT2D eigenvalue weighted by Crippen LogP contribution is 2.48. The third kappa shape index (κ3) is 3.17. The Balaban J connectivity index is 1.37. The van der Waals surface area contributed by atoms with E-state index in [1.54, 1.807) is 0 Å². The Morgan fingerprint density at radius 1 is 1.00 bits per heavy atom. The first kappa shape index (κ1) is 18.2. The highest BCUT2D eigenvalue weighted by molar-refractivity contribution is 5.42. The number of ether oxygens (including phenoxy) is 1. The Hall–Kier alpha value is -2.86. The summed E-state index contributed by atoms with van der Waals surface area (Å²) in [5, 5.41) is 19.2. The number of aromatic nitrogens is 3. The lowest BCUT2D eigenvalue weighted by Gasteiger charge is -2.44. The smallest absolute Gasteiger partial charge is 0.227 e. The van der Waals surface area contributed by atoms with Gasteiger partial charge in [-0.2, -0.15) is 0 Å². The van der Waals surface area contributed by atoms with Gasteiger partial charge in [0.25, 0.3) is 0 Å². The van der Waals surface area contributed by atoms with Gasteiger partial charge in [-0.05, 0) is 30.5 Å². The van der Waals surface area contributed by atoms with Crippen molar-refractivity contribution in [3.8, 4) is 5.75 Å². The number of aliphatic hydroxyl groups excluding tert-OH is 1. The van der Waals surface area contributed by atoms with E-state index in [1.165, 1.54) is 5.56 Å². The van der Waals surface area contributed by atoms with Crippen molar-refractivity contribution in [2.24, 2.45) is 7.05 Å². The van der Waals surface area contributed by atoms with Crippen LogP contribution in [-0.4, -0.2) is 45.2 Å². The van der Waals surface area contributed by atoms with Gasteiger partial charge in [-0.25, -0.2) is 0 Å². The van der Waals surface area contributed by atoms with E-state index < -0.39 is 0 Å². The third-order valence-electron chi connectivity index (χ3n) is 6.25. The lowest BCUT2D eigenvalue weighted by atomic mass is 9.62. The fourth-order valence-electron chi connectivity index (χ4n) is 4.76. The highest BCUT2D eigenvalue weighted by Gasteiger charge is 2.50. The van der Waals surface area contributed by atoms with E-state index in [2.05, 4.69) is 31.8 Å². The van der Waals surface area contributed by atoms with Crippen molar-refractivity contribution in [2.45, 2.75) is 36.9 Å². The molecule has 1 aromatic heterocycles. The van der Waals surface area contributed by atoms with Crippen molar-refractivity contribution in [1.29, 1.82) is 0 Å². The monoisotopic (exact) mass is 390 g/mol. The molecule has 0 amide bonds. The summed E-state index contributed by atoms with van der Waals surface area (Å²) in [7, 11) is 2.03. The van der Waals surface area contributed by atoms with E-state index in [4.69, 9.17) is 4.74 Å². The second-order valence-corrected chi connectivity index (χ2v) is 8.18. The molecule has 6 nitrogen and oxygen atoms in total. The van der Waals surface area contributed by atoms with Crippen LogP contribution >= 0.6 is 0 Å². The molecule has 1 aliphatic heterocycles. The molecule has 29 heavy (non-hydrogen) atoms. The molecule has 1 saturated heterocycles. The van der Waals surface area contributed by atoms with Crippen LogP contribution in [-0.2, 0) is 12.5 Å². The minimum atomic E-state index is -0.286. The number of nitrogens with zero attached hydrogens (tertiary/aromatic N) is 4. The van der Waals surface area contributed by atoms with Crippen molar-refractivity contribution in [3.05, 3.63) is 72.1 Å². The van der Waals surface area contributed by atoms with Gasteiger partial charge >= 0.3 is 0 Å². The van der Waals surface area contributed by atoms with Crippen molar-refractivity contribution in [3.63, 3.8) is 0 Å². The van der Waals surface area contributed by atoms with E-state index in [0.717, 1.165) is 37.0 Å². The molecule has 2 aliphatic rings. The summed E-state index contributed by atoms with van der Waals surface area (Å²) in [5.74, 6) is 2.71. The summed E-state index contributed by atoms with van der Waals surface area (Å²) in [6.45, 7) is 1.69. The summed E-state index contributed by atoms with van der Waals surface area (Å²) in [5.41, 5.74) is 0.930. The molecule has 3 aromatic rings. The van der Waals surface area contributed by atoms with Gasteiger partial charge in [0.2, 0.25) is 5.95 Å². The van der Waals surface area contributed by atoms with Crippen LogP contribution in [0.4, 0.5) is 5.95 Å². The molecule has 2 heterocycles. The van der Waals surface area contributed by atoms with Crippen LogP contribution in [0, 0.1) is 0 Å². The summed E-state index contributed by atoms with van der Waals surface area (Å²) < 4.78 is 8.23. The predicted octanol–water partition coefficient (Wildman–Crippen LogP) is 2.91. The van der Waals surface area contributed by atoms with Crippen molar-refractivity contribution < 1.29 is 9.84 Å². The van der Waals surface area contributed by atoms with Crippen molar-refractivity contribution in [1.82, 2.24) is 14.8 Å². The Morgan fingerprint density at radius 2 is 1.69 bits per heavy atom. The first-order chi connectivity index (χ1) is 14.2. The van der Waals surface area contributed by atoms with Crippen LogP contribution in [0.2, 0.25) is 0 Å². The first-order valence-electron chi connectivity index (χ1n) is 10.3. The van der Waals surface area contributed by atoms with E-state index in [1.807, 2.05) is 55.6 Å². The maximum absolute atomic E-state index is 10.1. The maximum Gasteiger partial charge on any atom is 0.227 e. The molecule has 0 radical (unpaired) electrons. The Kier molecular flexibility index (Phi) is 4.51. The molecule has 0 bridgehead atoms. The molecule has 0 spiro atoms. The number of hydrogen-bond donors (Lipinski definition) is 1. The van der Waals surface area contributed by atoms with Gasteiger partial charge < -0.3 is 14.7 Å². The topological polar surface area (TPSA) is 63.4 Å². The summed E-state index contributed by atoms with van der Waals surface area (Å²) >= 11 is 0. The van der Waals surface area contributed by atoms with E-state index in [9.17, 15) is 5.11 Å². The molecule has 1 atom stereocenters. The molecule has 1 N–H and O–H groups in total. The molecule has 2 fully saturated rings. The number of aliphatic hydroxyl groups is 1. The number of para-hydroxylation sites is 1. The molecule has 2 aromatic carbocycles. The average Bonchev–Trinajstić information content (AvgIpc) is 3.33. The SMILES string of the molecule is Cn1c(N2CC[C@H](Oc3ccccc3)C2)nnc1C1(c2ccccc2)CC(O)C1. The number of hydrogen-bond acceptors (Lipinski definition) is 5. The Labute approximate surface area is 170 Å². The molecule has 1 saturated carbocycles. The van der Waals surface area contributed by atoms with Gasteiger partial charge in [0, 0.05) is 20.0 Å². The first-order valence-corrected chi connectivity index (χ1v) is 10.3. The molecular weight excluding hydrogens is 364 g/mol. The van der Waals surface area contributed by atoms with Crippen LogP contribution in [0.15, 0.2) is 60.7 Å². The van der Waals surface area contributed by atoms with Crippen LogP contribution in [0.5, 0.6) is 5.75 Å². The second-order valence-electron chi connectivity index (χ2n) is 8.18. The van der Waals surface area contributed by atoms with Gasteiger partial charge in [0.1, 0.15) is 17.7 Å².